The van der Waals surface area contributed by atoms with Crippen molar-refractivity contribution in [2.45, 2.75) is 46.5 Å². The minimum absolute atomic E-state index is 0.361. The van der Waals surface area contributed by atoms with Crippen molar-refractivity contribution in [3.8, 4) is 6.07 Å². The summed E-state index contributed by atoms with van der Waals surface area (Å²) < 4.78 is 0. The van der Waals surface area contributed by atoms with Crippen LogP contribution in [0.25, 0.3) is 0 Å². The fraction of sp³-hybridized carbons (Fsp3) is 0.933. The van der Waals surface area contributed by atoms with E-state index in [0.29, 0.717) is 5.41 Å². The third-order valence-corrected chi connectivity index (χ3v) is 4.26. The van der Waals surface area contributed by atoms with Gasteiger partial charge in [0.1, 0.15) is 0 Å². The van der Waals surface area contributed by atoms with Crippen molar-refractivity contribution in [3.63, 3.8) is 0 Å². The van der Waals surface area contributed by atoms with Crippen molar-refractivity contribution < 1.29 is 0 Å². The molecule has 18 heavy (non-hydrogen) atoms. The van der Waals surface area contributed by atoms with Gasteiger partial charge in [0.15, 0.2) is 0 Å². The highest BCUT2D eigenvalue weighted by Crippen LogP contribution is 2.49. The SMILES string of the molecule is CCN(CC)CCCN(CC)CC1(CC#N)CC1. The Balaban J connectivity index is 2.24. The lowest BCUT2D eigenvalue weighted by Gasteiger charge is -2.26. The normalized spacial score (nSPS) is 17.1. The summed E-state index contributed by atoms with van der Waals surface area (Å²) in [6.45, 7) is 13.6. The zero-order valence-electron chi connectivity index (χ0n) is 12.4. The first-order chi connectivity index (χ1) is 8.69. The fourth-order valence-corrected chi connectivity index (χ4v) is 2.62. The highest BCUT2D eigenvalue weighted by molar-refractivity contribution is 5.01. The van der Waals surface area contributed by atoms with E-state index in [9.17, 15) is 0 Å². The van der Waals surface area contributed by atoms with Crippen LogP contribution >= 0.6 is 0 Å². The molecule has 1 aliphatic rings. The molecule has 0 N–H and O–H groups in total. The van der Waals surface area contributed by atoms with Gasteiger partial charge in [-0.2, -0.15) is 5.26 Å². The van der Waals surface area contributed by atoms with Gasteiger partial charge in [-0.15, -0.1) is 0 Å². The first-order valence-corrected chi connectivity index (χ1v) is 7.51. The molecule has 1 saturated carbocycles. The molecule has 1 rings (SSSR count). The summed E-state index contributed by atoms with van der Waals surface area (Å²) in [7, 11) is 0. The quantitative estimate of drug-likeness (QED) is 0.598. The van der Waals surface area contributed by atoms with Gasteiger partial charge in [-0.25, -0.2) is 0 Å². The van der Waals surface area contributed by atoms with Crippen LogP contribution in [-0.4, -0.2) is 49.1 Å². The maximum Gasteiger partial charge on any atom is 0.0628 e. The maximum absolute atomic E-state index is 8.86. The molecule has 0 heterocycles. The van der Waals surface area contributed by atoms with E-state index < -0.39 is 0 Å². The van der Waals surface area contributed by atoms with Crippen LogP contribution in [0.4, 0.5) is 0 Å². The Labute approximate surface area is 113 Å². The molecular formula is C15H29N3. The van der Waals surface area contributed by atoms with E-state index in [1.54, 1.807) is 0 Å². The second-order valence-corrected chi connectivity index (χ2v) is 5.58. The molecule has 0 saturated heterocycles. The lowest BCUT2D eigenvalue weighted by molar-refractivity contribution is 0.209. The molecule has 1 aliphatic carbocycles. The lowest BCUT2D eigenvalue weighted by atomic mass is 10.0. The molecule has 0 unspecified atom stereocenters. The maximum atomic E-state index is 8.86. The summed E-state index contributed by atoms with van der Waals surface area (Å²) in [6, 6.07) is 2.36. The largest absolute Gasteiger partial charge is 0.304 e. The Bertz CT molecular complexity index is 261. The zero-order valence-corrected chi connectivity index (χ0v) is 12.4. The molecule has 0 radical (unpaired) electrons. The van der Waals surface area contributed by atoms with Gasteiger partial charge >= 0.3 is 0 Å². The molecule has 0 spiro atoms. The van der Waals surface area contributed by atoms with Crippen molar-refractivity contribution in [1.29, 1.82) is 5.26 Å². The third kappa shape index (κ3) is 4.96. The van der Waals surface area contributed by atoms with E-state index in [1.807, 2.05) is 0 Å². The van der Waals surface area contributed by atoms with Gasteiger partial charge in [0.05, 0.1) is 6.07 Å². The summed E-state index contributed by atoms with van der Waals surface area (Å²) in [6.07, 6.45) is 4.51. The monoisotopic (exact) mass is 251 g/mol. The number of rotatable bonds is 10. The molecule has 0 aliphatic heterocycles. The predicted octanol–water partition coefficient (Wildman–Crippen LogP) is 2.73. The molecule has 3 heteroatoms. The molecular weight excluding hydrogens is 222 g/mol. The van der Waals surface area contributed by atoms with Crippen LogP contribution in [0.15, 0.2) is 0 Å². The average molecular weight is 251 g/mol. The Morgan fingerprint density at radius 2 is 1.56 bits per heavy atom. The van der Waals surface area contributed by atoms with E-state index in [-0.39, 0.29) is 0 Å². The van der Waals surface area contributed by atoms with E-state index in [2.05, 4.69) is 36.6 Å². The number of hydrogen-bond donors (Lipinski definition) is 0. The van der Waals surface area contributed by atoms with Gasteiger partial charge in [-0.1, -0.05) is 20.8 Å². The predicted molar refractivity (Wildman–Crippen MR) is 76.4 cm³/mol. The Hall–Kier alpha value is -0.590. The smallest absolute Gasteiger partial charge is 0.0628 e. The standard InChI is InChI=1S/C15H29N3/c1-4-17(5-2)12-7-13-18(6-3)14-15(8-9-15)10-11-16/h4-10,12-14H2,1-3H3. The molecule has 0 aromatic rings. The van der Waals surface area contributed by atoms with Gasteiger partial charge in [0.25, 0.3) is 0 Å². The number of nitrogens with zero attached hydrogens (tertiary/aromatic N) is 3. The van der Waals surface area contributed by atoms with Crippen molar-refractivity contribution in [3.05, 3.63) is 0 Å². The second kappa shape index (κ2) is 7.76. The van der Waals surface area contributed by atoms with E-state index >= 15 is 0 Å². The molecule has 0 bridgehead atoms. The van der Waals surface area contributed by atoms with Crippen LogP contribution in [0.5, 0.6) is 0 Å². The summed E-state index contributed by atoms with van der Waals surface area (Å²) in [5, 5.41) is 8.86. The minimum atomic E-state index is 0.361. The molecule has 0 aromatic carbocycles. The fourth-order valence-electron chi connectivity index (χ4n) is 2.62. The van der Waals surface area contributed by atoms with Crippen LogP contribution in [0.2, 0.25) is 0 Å². The topological polar surface area (TPSA) is 30.3 Å². The number of nitriles is 1. The first-order valence-electron chi connectivity index (χ1n) is 7.51. The van der Waals surface area contributed by atoms with Gasteiger partial charge < -0.3 is 9.80 Å². The molecule has 0 amide bonds. The van der Waals surface area contributed by atoms with Crippen LogP contribution < -0.4 is 0 Å². The summed E-state index contributed by atoms with van der Waals surface area (Å²) in [5.74, 6) is 0. The van der Waals surface area contributed by atoms with Gasteiger partial charge in [-0.05, 0) is 57.4 Å². The van der Waals surface area contributed by atoms with Crippen LogP contribution in [0.3, 0.4) is 0 Å². The van der Waals surface area contributed by atoms with Crippen LogP contribution in [-0.2, 0) is 0 Å². The third-order valence-electron chi connectivity index (χ3n) is 4.26. The van der Waals surface area contributed by atoms with Gasteiger partial charge in [0, 0.05) is 13.0 Å². The zero-order chi connectivity index (χ0) is 13.4. The van der Waals surface area contributed by atoms with E-state index in [4.69, 9.17) is 5.26 Å². The highest BCUT2D eigenvalue weighted by atomic mass is 15.1. The van der Waals surface area contributed by atoms with Crippen molar-refractivity contribution in [1.82, 2.24) is 9.80 Å². The molecule has 0 atom stereocenters. The summed E-state index contributed by atoms with van der Waals surface area (Å²) >= 11 is 0. The lowest BCUT2D eigenvalue weighted by Crippen LogP contribution is -2.33. The Kier molecular flexibility index (Phi) is 6.67. The van der Waals surface area contributed by atoms with Gasteiger partial charge in [-0.3, -0.25) is 0 Å². The average Bonchev–Trinajstić information content (AvgIpc) is 3.13. The van der Waals surface area contributed by atoms with Crippen LogP contribution in [0.1, 0.15) is 46.5 Å². The van der Waals surface area contributed by atoms with Crippen molar-refractivity contribution in [2.75, 3.05) is 39.3 Å². The summed E-state index contributed by atoms with van der Waals surface area (Å²) in [4.78, 5) is 5.02. The minimum Gasteiger partial charge on any atom is -0.304 e. The second-order valence-electron chi connectivity index (χ2n) is 5.58. The highest BCUT2D eigenvalue weighted by Gasteiger charge is 2.43. The van der Waals surface area contributed by atoms with Gasteiger partial charge in [0.2, 0.25) is 0 Å². The molecule has 3 nitrogen and oxygen atoms in total. The summed E-state index contributed by atoms with van der Waals surface area (Å²) in [5.41, 5.74) is 0.361. The molecule has 1 fully saturated rings. The Morgan fingerprint density at radius 1 is 1.00 bits per heavy atom. The Morgan fingerprint density at radius 3 is 2.00 bits per heavy atom. The van der Waals surface area contributed by atoms with E-state index in [1.165, 1.54) is 32.4 Å². The van der Waals surface area contributed by atoms with Crippen molar-refractivity contribution >= 4 is 0 Å². The van der Waals surface area contributed by atoms with Crippen molar-refractivity contribution in [2.24, 2.45) is 5.41 Å². The number of hydrogen-bond acceptors (Lipinski definition) is 3. The first kappa shape index (κ1) is 15.5. The van der Waals surface area contributed by atoms with Crippen LogP contribution in [0, 0.1) is 16.7 Å². The molecule has 0 aromatic heterocycles. The molecule has 104 valence electrons. The van der Waals surface area contributed by atoms with E-state index in [0.717, 1.165) is 32.6 Å².